The van der Waals surface area contributed by atoms with Gasteiger partial charge in [-0.2, -0.15) is 20.5 Å². The molecule has 39 heavy (non-hydrogen) atoms. The Morgan fingerprint density at radius 2 is 1.77 bits per heavy atom. The molecule has 5 aliphatic rings. The number of nitrogen functional groups attached to an aromatic ring is 1. The molecule has 4 fully saturated rings. The molecule has 10 nitrogen and oxygen atoms in total. The van der Waals surface area contributed by atoms with Gasteiger partial charge in [0.1, 0.15) is 28.8 Å². The van der Waals surface area contributed by atoms with E-state index in [0.717, 1.165) is 57.3 Å². The zero-order valence-electron chi connectivity index (χ0n) is 22.6. The van der Waals surface area contributed by atoms with Crippen LogP contribution >= 0.6 is 11.3 Å². The van der Waals surface area contributed by atoms with Crippen molar-refractivity contribution in [3.63, 3.8) is 0 Å². The monoisotopic (exact) mass is 545 g/mol. The Bertz CT molecular complexity index is 1370. The maximum absolute atomic E-state index is 10.4. The van der Waals surface area contributed by atoms with E-state index in [1.807, 2.05) is 0 Å². The molecule has 1 unspecified atom stereocenters. The van der Waals surface area contributed by atoms with Crippen LogP contribution in [0.1, 0.15) is 60.6 Å². The summed E-state index contributed by atoms with van der Waals surface area (Å²) in [5.41, 5.74) is 8.38. The van der Waals surface area contributed by atoms with Gasteiger partial charge < -0.3 is 25.6 Å². The molecule has 6 heterocycles. The molecule has 2 bridgehead atoms. The van der Waals surface area contributed by atoms with Crippen molar-refractivity contribution in [3.8, 4) is 18.1 Å². The van der Waals surface area contributed by atoms with Gasteiger partial charge in [0.05, 0.1) is 5.56 Å². The number of fused-ring (bicyclic) bond motifs is 4. The minimum atomic E-state index is -0.110. The minimum absolute atomic E-state index is 0.0579. The molecule has 4 aliphatic heterocycles. The Hall–Kier alpha value is -3.12. The molecule has 2 aromatic rings. The SMILES string of the molecule is CC(Oc1nc(N2C[C@H]3CC[C@@H](C2)N3)c(C#N)c(N2CC3(CCc4sc(N)c(C#N)c43)C2)n1)[C@@H]1CCCN1C. The molecule has 4 atom stereocenters. The normalized spacial score (nSPS) is 27.7. The van der Waals surface area contributed by atoms with Crippen LogP contribution in [0, 0.1) is 22.7 Å². The smallest absolute Gasteiger partial charge is 0.320 e. The zero-order valence-corrected chi connectivity index (χ0v) is 23.4. The van der Waals surface area contributed by atoms with Crippen molar-refractivity contribution < 1.29 is 4.74 Å². The highest BCUT2D eigenvalue weighted by Gasteiger charge is 2.52. The van der Waals surface area contributed by atoms with Crippen LogP contribution in [0.25, 0.3) is 0 Å². The standard InChI is InChI=1S/C28H35N9OS/c1-16(21-4-3-9-35(21)2)38-27-33-25(36-12-17-5-6-18(13-36)32-17)20(11-30)26(34-27)37-14-28(15-37)8-7-22-23(28)19(10-29)24(31)39-22/h16-18,21,32H,3-9,12-15,31H2,1-2H3/t16?,17-,18+,21-/m0/s1. The molecule has 3 N–H and O–H groups in total. The average molecular weight is 546 g/mol. The van der Waals surface area contributed by atoms with Crippen molar-refractivity contribution in [1.29, 1.82) is 10.5 Å². The van der Waals surface area contributed by atoms with Crippen LogP contribution in [0.15, 0.2) is 0 Å². The topological polar surface area (TPSA) is 130 Å². The van der Waals surface area contributed by atoms with Crippen LogP contribution < -0.4 is 25.6 Å². The number of piperazine rings is 1. The van der Waals surface area contributed by atoms with Crippen LogP contribution in [0.4, 0.5) is 16.6 Å². The highest BCUT2D eigenvalue weighted by atomic mass is 32.1. The van der Waals surface area contributed by atoms with E-state index in [0.29, 0.717) is 65.0 Å². The van der Waals surface area contributed by atoms with Gasteiger partial charge in [0.2, 0.25) is 0 Å². The number of anilines is 3. The van der Waals surface area contributed by atoms with Crippen LogP contribution in [0.5, 0.6) is 6.01 Å². The van der Waals surface area contributed by atoms with Crippen molar-refractivity contribution >= 4 is 28.0 Å². The van der Waals surface area contributed by atoms with Gasteiger partial charge in [-0.3, -0.25) is 4.90 Å². The molecule has 0 amide bonds. The lowest BCUT2D eigenvalue weighted by Gasteiger charge is -2.49. The van der Waals surface area contributed by atoms with Crippen molar-refractivity contribution in [2.75, 3.05) is 55.3 Å². The summed E-state index contributed by atoms with van der Waals surface area (Å²) in [5, 5.41) is 24.5. The number of likely N-dealkylation sites (tertiary alicyclic amines) is 1. The van der Waals surface area contributed by atoms with Crippen molar-refractivity contribution in [2.24, 2.45) is 0 Å². The fraction of sp³-hybridized carbons (Fsp3) is 0.643. The number of likely N-dealkylation sites (N-methyl/N-ethyl adjacent to an activating group) is 1. The largest absolute Gasteiger partial charge is 0.459 e. The predicted octanol–water partition coefficient (Wildman–Crippen LogP) is 2.37. The number of nitrogens with zero attached hydrogens (tertiary/aromatic N) is 7. The molecule has 4 saturated heterocycles. The highest BCUT2D eigenvalue weighted by molar-refractivity contribution is 7.16. The number of rotatable bonds is 5. The van der Waals surface area contributed by atoms with Gasteiger partial charge in [-0.15, -0.1) is 11.3 Å². The van der Waals surface area contributed by atoms with Crippen LogP contribution in [-0.2, 0) is 11.8 Å². The Labute approximate surface area is 233 Å². The van der Waals surface area contributed by atoms with Gasteiger partial charge in [0.15, 0.2) is 11.6 Å². The van der Waals surface area contributed by atoms with Crippen molar-refractivity contribution in [2.45, 2.75) is 75.1 Å². The fourth-order valence-corrected chi connectivity index (χ4v) is 8.89. The van der Waals surface area contributed by atoms with Gasteiger partial charge in [0.25, 0.3) is 0 Å². The summed E-state index contributed by atoms with van der Waals surface area (Å²) < 4.78 is 6.44. The number of aryl methyl sites for hydroxylation is 1. The molecule has 0 saturated carbocycles. The summed E-state index contributed by atoms with van der Waals surface area (Å²) in [6.07, 6.45) is 6.45. The van der Waals surface area contributed by atoms with Gasteiger partial charge in [-0.1, -0.05) is 0 Å². The number of ether oxygens (including phenoxy) is 1. The number of aromatic nitrogens is 2. The molecule has 7 rings (SSSR count). The number of thiophene rings is 1. The summed E-state index contributed by atoms with van der Waals surface area (Å²) in [5.74, 6) is 1.34. The molecular weight excluding hydrogens is 510 g/mol. The Morgan fingerprint density at radius 3 is 2.41 bits per heavy atom. The molecule has 1 aliphatic carbocycles. The third-order valence-corrected chi connectivity index (χ3v) is 10.7. The summed E-state index contributed by atoms with van der Waals surface area (Å²) in [4.78, 5) is 17.8. The van der Waals surface area contributed by atoms with E-state index < -0.39 is 0 Å². The van der Waals surface area contributed by atoms with E-state index in [-0.39, 0.29) is 11.5 Å². The Balaban J connectivity index is 1.23. The molecular formula is C28H35N9OS. The summed E-state index contributed by atoms with van der Waals surface area (Å²) in [7, 11) is 2.15. The second-order valence-electron chi connectivity index (χ2n) is 12.1. The van der Waals surface area contributed by atoms with Crippen LogP contribution in [-0.4, -0.2) is 78.9 Å². The van der Waals surface area contributed by atoms with Crippen LogP contribution in [0.2, 0.25) is 0 Å². The van der Waals surface area contributed by atoms with E-state index in [2.05, 4.69) is 46.1 Å². The first-order chi connectivity index (χ1) is 18.9. The van der Waals surface area contributed by atoms with Crippen molar-refractivity contribution in [1.82, 2.24) is 20.2 Å². The van der Waals surface area contributed by atoms with Gasteiger partial charge >= 0.3 is 6.01 Å². The molecule has 2 aromatic heterocycles. The predicted molar refractivity (Wildman–Crippen MR) is 150 cm³/mol. The summed E-state index contributed by atoms with van der Waals surface area (Å²) >= 11 is 1.56. The van der Waals surface area contributed by atoms with Crippen molar-refractivity contribution in [3.05, 3.63) is 21.6 Å². The third-order valence-electron chi connectivity index (χ3n) is 9.66. The lowest BCUT2D eigenvalue weighted by Crippen LogP contribution is -2.59. The highest BCUT2D eigenvalue weighted by Crippen LogP contribution is 2.53. The number of hydrogen-bond acceptors (Lipinski definition) is 11. The maximum Gasteiger partial charge on any atom is 0.320 e. The summed E-state index contributed by atoms with van der Waals surface area (Å²) in [6.45, 7) is 6.25. The molecule has 0 radical (unpaired) electrons. The molecule has 204 valence electrons. The van der Waals surface area contributed by atoms with E-state index in [4.69, 9.17) is 20.4 Å². The van der Waals surface area contributed by atoms with E-state index in [1.165, 1.54) is 11.3 Å². The van der Waals surface area contributed by atoms with Gasteiger partial charge in [-0.05, 0) is 64.6 Å². The number of nitrogens with one attached hydrogen (secondary N) is 1. The number of hydrogen-bond donors (Lipinski definition) is 2. The minimum Gasteiger partial charge on any atom is -0.459 e. The summed E-state index contributed by atoms with van der Waals surface area (Å²) in [6, 6.07) is 6.33. The zero-order chi connectivity index (χ0) is 26.9. The van der Waals surface area contributed by atoms with E-state index >= 15 is 0 Å². The Morgan fingerprint density at radius 1 is 1.08 bits per heavy atom. The molecule has 1 spiro atoms. The van der Waals surface area contributed by atoms with Gasteiger partial charge in [0, 0.05) is 54.6 Å². The second kappa shape index (κ2) is 9.22. The first kappa shape index (κ1) is 24.9. The average Bonchev–Trinajstić information content (AvgIpc) is 3.65. The third kappa shape index (κ3) is 3.94. The second-order valence-corrected chi connectivity index (χ2v) is 13.2. The molecule has 11 heteroatoms. The first-order valence-corrected chi connectivity index (χ1v) is 15.0. The Kier molecular flexibility index (Phi) is 5.89. The molecule has 0 aromatic carbocycles. The van der Waals surface area contributed by atoms with Gasteiger partial charge in [-0.25, -0.2) is 0 Å². The quantitative estimate of drug-likeness (QED) is 0.577. The van der Waals surface area contributed by atoms with E-state index in [1.54, 1.807) is 11.3 Å². The first-order valence-electron chi connectivity index (χ1n) is 14.2. The maximum atomic E-state index is 10.4. The van der Waals surface area contributed by atoms with Crippen LogP contribution in [0.3, 0.4) is 0 Å². The number of nitrogens with two attached hydrogens (primary N) is 1. The van der Waals surface area contributed by atoms with E-state index in [9.17, 15) is 10.5 Å². The lowest BCUT2D eigenvalue weighted by molar-refractivity contribution is 0.112. The lowest BCUT2D eigenvalue weighted by atomic mass is 9.74. The number of nitriles is 2. The fourth-order valence-electron chi connectivity index (χ4n) is 7.75.